The van der Waals surface area contributed by atoms with Crippen LogP contribution in [0.2, 0.25) is 0 Å². The van der Waals surface area contributed by atoms with Gasteiger partial charge in [0.05, 0.1) is 0 Å². The Morgan fingerprint density at radius 2 is 2.50 bits per heavy atom. The first-order valence-electron chi connectivity index (χ1n) is 4.78. The van der Waals surface area contributed by atoms with E-state index in [0.29, 0.717) is 12.5 Å². The minimum absolute atomic E-state index is 0.0300. The molecule has 2 rings (SSSR count). The lowest BCUT2D eigenvalue weighted by Crippen LogP contribution is -2.17. The molecular weight excluding hydrogens is 176 g/mol. The van der Waals surface area contributed by atoms with Crippen molar-refractivity contribution in [1.82, 2.24) is 4.98 Å². The van der Waals surface area contributed by atoms with Crippen molar-refractivity contribution in [2.75, 3.05) is 13.2 Å². The van der Waals surface area contributed by atoms with Crippen molar-refractivity contribution in [3.8, 4) is 0 Å². The van der Waals surface area contributed by atoms with Gasteiger partial charge in [-0.1, -0.05) is 6.07 Å². The van der Waals surface area contributed by atoms with Crippen LogP contribution in [0.25, 0.3) is 0 Å². The quantitative estimate of drug-likeness (QED) is 0.721. The summed E-state index contributed by atoms with van der Waals surface area (Å²) >= 11 is 0. The van der Waals surface area contributed by atoms with Gasteiger partial charge < -0.3 is 5.11 Å². The monoisotopic (exact) mass is 190 g/mol. The summed E-state index contributed by atoms with van der Waals surface area (Å²) in [5.41, 5.74) is 1.00. The second kappa shape index (κ2) is 3.50. The number of nitrogens with zero attached hydrogens (tertiary/aromatic N) is 2. The van der Waals surface area contributed by atoms with Crippen molar-refractivity contribution in [1.29, 1.82) is 0 Å². The molecule has 1 fully saturated rings. The first-order chi connectivity index (χ1) is 6.83. The maximum absolute atomic E-state index is 9.14. The molecule has 3 nitrogen and oxygen atoms in total. The maximum Gasteiger partial charge on any atom is 0.0497 e. The van der Waals surface area contributed by atoms with E-state index in [1.165, 1.54) is 0 Å². The SMILES string of the molecule is C=NC[C@]1(c2ccccn2)C[C@@H]1CO. The highest BCUT2D eigenvalue weighted by Gasteiger charge is 2.55. The van der Waals surface area contributed by atoms with Gasteiger partial charge in [0.2, 0.25) is 0 Å². The van der Waals surface area contributed by atoms with Gasteiger partial charge in [-0.05, 0) is 31.2 Å². The molecule has 0 unspecified atom stereocenters. The third-order valence-corrected chi connectivity index (χ3v) is 3.02. The number of aliphatic hydroxyl groups excluding tert-OH is 1. The molecule has 2 atom stereocenters. The highest BCUT2D eigenvalue weighted by molar-refractivity contribution is 5.32. The molecule has 1 aliphatic carbocycles. The first-order valence-corrected chi connectivity index (χ1v) is 4.78. The molecule has 0 bridgehead atoms. The molecule has 0 aliphatic heterocycles. The molecule has 1 saturated carbocycles. The minimum Gasteiger partial charge on any atom is -0.396 e. The lowest BCUT2D eigenvalue weighted by molar-refractivity contribution is 0.263. The van der Waals surface area contributed by atoms with Crippen LogP contribution in [-0.4, -0.2) is 30.0 Å². The van der Waals surface area contributed by atoms with Gasteiger partial charge in [0, 0.05) is 30.5 Å². The second-order valence-electron chi connectivity index (χ2n) is 3.84. The zero-order valence-electron chi connectivity index (χ0n) is 8.06. The van der Waals surface area contributed by atoms with Crippen LogP contribution in [0, 0.1) is 5.92 Å². The van der Waals surface area contributed by atoms with Crippen LogP contribution in [-0.2, 0) is 5.41 Å². The molecular formula is C11H14N2O. The van der Waals surface area contributed by atoms with E-state index >= 15 is 0 Å². The van der Waals surface area contributed by atoms with Gasteiger partial charge >= 0.3 is 0 Å². The number of pyridine rings is 1. The van der Waals surface area contributed by atoms with Crippen LogP contribution in [0.5, 0.6) is 0 Å². The molecule has 1 aromatic rings. The Balaban J connectivity index is 2.26. The number of hydrogen-bond acceptors (Lipinski definition) is 3. The van der Waals surface area contributed by atoms with Gasteiger partial charge in [0.15, 0.2) is 0 Å². The van der Waals surface area contributed by atoms with E-state index in [-0.39, 0.29) is 12.0 Å². The maximum atomic E-state index is 9.14. The molecule has 1 aromatic heterocycles. The van der Waals surface area contributed by atoms with Crippen molar-refractivity contribution in [2.45, 2.75) is 11.8 Å². The van der Waals surface area contributed by atoms with Crippen molar-refractivity contribution >= 4 is 6.72 Å². The summed E-state index contributed by atoms with van der Waals surface area (Å²) < 4.78 is 0. The summed E-state index contributed by atoms with van der Waals surface area (Å²) in [5, 5.41) is 9.14. The van der Waals surface area contributed by atoms with E-state index in [0.717, 1.165) is 12.1 Å². The number of aliphatic imine (C=N–C) groups is 1. The number of aromatic nitrogens is 1. The van der Waals surface area contributed by atoms with Crippen molar-refractivity contribution in [2.24, 2.45) is 10.9 Å². The summed E-state index contributed by atoms with van der Waals surface area (Å²) in [4.78, 5) is 8.27. The van der Waals surface area contributed by atoms with Crippen molar-refractivity contribution in [3.63, 3.8) is 0 Å². The van der Waals surface area contributed by atoms with Crippen LogP contribution < -0.4 is 0 Å². The molecule has 1 N–H and O–H groups in total. The van der Waals surface area contributed by atoms with E-state index < -0.39 is 0 Å². The van der Waals surface area contributed by atoms with Crippen LogP contribution in [0.1, 0.15) is 12.1 Å². The minimum atomic E-state index is -0.0300. The lowest BCUT2D eigenvalue weighted by atomic mass is 9.99. The number of rotatable bonds is 4. The van der Waals surface area contributed by atoms with E-state index in [1.54, 1.807) is 6.20 Å². The zero-order valence-corrected chi connectivity index (χ0v) is 8.06. The molecule has 0 amide bonds. The van der Waals surface area contributed by atoms with Gasteiger partial charge in [0.25, 0.3) is 0 Å². The summed E-state index contributed by atoms with van der Waals surface area (Å²) in [5.74, 6) is 0.308. The highest BCUT2D eigenvalue weighted by atomic mass is 16.3. The Labute approximate surface area is 83.5 Å². The van der Waals surface area contributed by atoms with Crippen molar-refractivity contribution in [3.05, 3.63) is 30.1 Å². The summed E-state index contributed by atoms with van der Waals surface area (Å²) in [6.45, 7) is 4.40. The van der Waals surface area contributed by atoms with Gasteiger partial charge in [-0.3, -0.25) is 9.98 Å². The van der Waals surface area contributed by atoms with E-state index in [2.05, 4.69) is 16.7 Å². The van der Waals surface area contributed by atoms with Gasteiger partial charge in [-0.2, -0.15) is 0 Å². The van der Waals surface area contributed by atoms with E-state index in [4.69, 9.17) is 5.11 Å². The Bertz CT molecular complexity index is 325. The number of hydrogen-bond donors (Lipinski definition) is 1. The lowest BCUT2D eigenvalue weighted by Gasteiger charge is -2.13. The fourth-order valence-corrected chi connectivity index (χ4v) is 2.07. The molecule has 0 radical (unpaired) electrons. The molecule has 0 saturated heterocycles. The smallest absolute Gasteiger partial charge is 0.0497 e. The fourth-order valence-electron chi connectivity index (χ4n) is 2.07. The van der Waals surface area contributed by atoms with Crippen molar-refractivity contribution < 1.29 is 5.11 Å². The highest BCUT2D eigenvalue weighted by Crippen LogP contribution is 2.53. The predicted molar refractivity (Wildman–Crippen MR) is 55.5 cm³/mol. The number of aliphatic hydroxyl groups is 1. The van der Waals surface area contributed by atoms with Gasteiger partial charge in [0.1, 0.15) is 0 Å². The zero-order chi connectivity index (χ0) is 10.0. The average Bonchev–Trinajstić information content (AvgIpc) is 2.95. The summed E-state index contributed by atoms with van der Waals surface area (Å²) in [6.07, 6.45) is 2.76. The van der Waals surface area contributed by atoms with Crippen LogP contribution in [0.4, 0.5) is 0 Å². The molecule has 0 aromatic carbocycles. The first kappa shape index (κ1) is 9.34. The normalized spacial score (nSPS) is 29.9. The van der Waals surface area contributed by atoms with Crippen LogP contribution in [0.3, 0.4) is 0 Å². The van der Waals surface area contributed by atoms with E-state index in [1.807, 2.05) is 18.2 Å². The van der Waals surface area contributed by atoms with E-state index in [9.17, 15) is 0 Å². The Morgan fingerprint density at radius 1 is 1.64 bits per heavy atom. The molecule has 3 heteroatoms. The Hall–Kier alpha value is -1.22. The fraction of sp³-hybridized carbons (Fsp3) is 0.455. The third-order valence-electron chi connectivity index (χ3n) is 3.02. The topological polar surface area (TPSA) is 45.5 Å². The predicted octanol–water partition coefficient (Wildman–Crippen LogP) is 1.03. The van der Waals surface area contributed by atoms with Gasteiger partial charge in [-0.15, -0.1) is 0 Å². The second-order valence-corrected chi connectivity index (χ2v) is 3.84. The van der Waals surface area contributed by atoms with Gasteiger partial charge in [-0.25, -0.2) is 0 Å². The molecule has 1 heterocycles. The average molecular weight is 190 g/mol. The molecule has 0 spiro atoms. The summed E-state index contributed by atoms with van der Waals surface area (Å²) in [7, 11) is 0. The van der Waals surface area contributed by atoms with Crippen LogP contribution in [0.15, 0.2) is 29.4 Å². The van der Waals surface area contributed by atoms with Crippen LogP contribution >= 0.6 is 0 Å². The summed E-state index contributed by atoms with van der Waals surface area (Å²) in [6, 6.07) is 5.87. The molecule has 14 heavy (non-hydrogen) atoms. The Kier molecular flexibility index (Phi) is 2.33. The Morgan fingerprint density at radius 3 is 3.00 bits per heavy atom. The largest absolute Gasteiger partial charge is 0.396 e. The third kappa shape index (κ3) is 1.34. The molecule has 1 aliphatic rings. The standard InChI is InChI=1S/C11H14N2O/c1-12-8-11(6-9(11)7-14)10-4-2-3-5-13-10/h2-5,9,14H,1,6-8H2/t9-,11-/m1/s1. The molecule has 74 valence electrons.